The molecule has 2 heteroatoms. The van der Waals surface area contributed by atoms with Gasteiger partial charge in [0.15, 0.2) is 0 Å². The van der Waals surface area contributed by atoms with E-state index in [4.69, 9.17) is 0 Å². The molecule has 0 bridgehead atoms. The highest BCUT2D eigenvalue weighted by Gasteiger charge is 2.19. The van der Waals surface area contributed by atoms with Gasteiger partial charge in [0.05, 0.1) is 3.92 Å². The molecule has 1 rings (SSSR count). The lowest BCUT2D eigenvalue weighted by molar-refractivity contribution is -0.107. The van der Waals surface area contributed by atoms with E-state index in [2.05, 4.69) is 22.6 Å². The lowest BCUT2D eigenvalue weighted by Gasteiger charge is -2.25. The quantitative estimate of drug-likeness (QED) is 0.418. The van der Waals surface area contributed by atoms with Crippen LogP contribution >= 0.6 is 22.6 Å². The van der Waals surface area contributed by atoms with Crippen LogP contribution in [0.2, 0.25) is 0 Å². The highest BCUT2D eigenvalue weighted by Crippen LogP contribution is 2.31. The van der Waals surface area contributed by atoms with Crippen molar-refractivity contribution in [2.24, 2.45) is 5.92 Å². The molecular weight excluding hydrogens is 227 g/mol. The van der Waals surface area contributed by atoms with Crippen molar-refractivity contribution in [1.29, 1.82) is 0 Å². The molecular formula is C7H11IO. The van der Waals surface area contributed by atoms with Crippen molar-refractivity contribution in [2.75, 3.05) is 0 Å². The van der Waals surface area contributed by atoms with Crippen LogP contribution < -0.4 is 0 Å². The summed E-state index contributed by atoms with van der Waals surface area (Å²) in [6.07, 6.45) is 6.26. The van der Waals surface area contributed by atoms with Crippen LogP contribution in [0, 0.1) is 5.92 Å². The molecule has 0 aliphatic heterocycles. The monoisotopic (exact) mass is 238 g/mol. The van der Waals surface area contributed by atoms with E-state index in [0.29, 0.717) is 0 Å². The Kier molecular flexibility index (Phi) is 2.95. The number of rotatable bonds is 3. The Balaban J connectivity index is 2.08. The Morgan fingerprint density at radius 2 is 2.33 bits per heavy atom. The second-order valence-electron chi connectivity index (χ2n) is 2.68. The van der Waals surface area contributed by atoms with Gasteiger partial charge in [-0.2, -0.15) is 0 Å². The first-order valence-electron chi connectivity index (χ1n) is 3.42. The van der Waals surface area contributed by atoms with Crippen LogP contribution in [0.4, 0.5) is 0 Å². The zero-order chi connectivity index (χ0) is 6.69. The van der Waals surface area contributed by atoms with E-state index in [0.717, 1.165) is 18.6 Å². The summed E-state index contributed by atoms with van der Waals surface area (Å²) in [7, 11) is 0. The van der Waals surface area contributed by atoms with E-state index in [1.165, 1.54) is 19.3 Å². The van der Waals surface area contributed by atoms with E-state index in [1.54, 1.807) is 0 Å². The molecule has 1 unspecified atom stereocenters. The maximum Gasteiger partial charge on any atom is 0.132 e. The van der Waals surface area contributed by atoms with Gasteiger partial charge in [0.2, 0.25) is 0 Å². The van der Waals surface area contributed by atoms with Gasteiger partial charge >= 0.3 is 0 Å². The summed E-state index contributed by atoms with van der Waals surface area (Å²) < 4.78 is 0.271. The lowest BCUT2D eigenvalue weighted by atomic mass is 9.82. The minimum absolute atomic E-state index is 0.271. The van der Waals surface area contributed by atoms with Crippen molar-refractivity contribution in [2.45, 2.75) is 29.6 Å². The highest BCUT2D eigenvalue weighted by molar-refractivity contribution is 14.1. The molecule has 1 aliphatic rings. The minimum atomic E-state index is 0.271. The summed E-state index contributed by atoms with van der Waals surface area (Å²) >= 11 is 2.21. The fourth-order valence-electron chi connectivity index (χ4n) is 1.10. The van der Waals surface area contributed by atoms with Gasteiger partial charge in [-0.1, -0.05) is 41.9 Å². The zero-order valence-electron chi connectivity index (χ0n) is 5.35. The van der Waals surface area contributed by atoms with Crippen LogP contribution in [-0.2, 0) is 4.79 Å². The standard InChI is InChI=1S/C7H11IO/c8-7(5-9)4-6-2-1-3-6/h5-7H,1-4H2. The number of hydrogen-bond donors (Lipinski definition) is 0. The summed E-state index contributed by atoms with van der Waals surface area (Å²) in [5, 5.41) is 0. The zero-order valence-corrected chi connectivity index (χ0v) is 7.50. The third-order valence-electron chi connectivity index (χ3n) is 1.93. The van der Waals surface area contributed by atoms with Gasteiger partial charge in [0.1, 0.15) is 6.29 Å². The van der Waals surface area contributed by atoms with Crippen molar-refractivity contribution in [3.05, 3.63) is 0 Å². The Morgan fingerprint density at radius 3 is 2.67 bits per heavy atom. The third kappa shape index (κ3) is 2.24. The Bertz CT molecular complexity index is 99.1. The average molecular weight is 238 g/mol. The fraction of sp³-hybridized carbons (Fsp3) is 0.857. The van der Waals surface area contributed by atoms with Crippen LogP contribution in [0.3, 0.4) is 0 Å². The second-order valence-corrected chi connectivity index (χ2v) is 4.28. The van der Waals surface area contributed by atoms with E-state index in [9.17, 15) is 4.79 Å². The Morgan fingerprint density at radius 1 is 1.67 bits per heavy atom. The first-order chi connectivity index (χ1) is 4.33. The molecule has 0 spiro atoms. The number of carbonyl (C=O) groups excluding carboxylic acids is 1. The molecule has 0 saturated heterocycles. The van der Waals surface area contributed by atoms with Crippen LogP contribution in [0.1, 0.15) is 25.7 Å². The first kappa shape index (κ1) is 7.51. The predicted octanol–water partition coefficient (Wildman–Crippen LogP) is 2.18. The number of hydrogen-bond acceptors (Lipinski definition) is 1. The molecule has 1 atom stereocenters. The molecule has 0 radical (unpaired) electrons. The summed E-state index contributed by atoms with van der Waals surface area (Å²) in [6.45, 7) is 0. The molecule has 0 aromatic heterocycles. The van der Waals surface area contributed by atoms with Crippen LogP contribution in [0.25, 0.3) is 0 Å². The molecule has 1 fully saturated rings. The van der Waals surface area contributed by atoms with Crippen molar-refractivity contribution < 1.29 is 4.79 Å². The van der Waals surface area contributed by atoms with Crippen LogP contribution in [0.15, 0.2) is 0 Å². The van der Waals surface area contributed by atoms with E-state index >= 15 is 0 Å². The molecule has 52 valence electrons. The molecule has 1 aliphatic carbocycles. The van der Waals surface area contributed by atoms with Gasteiger partial charge in [-0.05, 0) is 12.3 Å². The molecule has 1 saturated carbocycles. The first-order valence-corrected chi connectivity index (χ1v) is 4.67. The molecule has 0 aromatic carbocycles. The lowest BCUT2D eigenvalue weighted by Crippen LogP contribution is -2.16. The van der Waals surface area contributed by atoms with Crippen molar-refractivity contribution in [1.82, 2.24) is 0 Å². The predicted molar refractivity (Wildman–Crippen MR) is 45.8 cm³/mol. The minimum Gasteiger partial charge on any atom is -0.302 e. The highest BCUT2D eigenvalue weighted by atomic mass is 127. The second kappa shape index (κ2) is 3.54. The van der Waals surface area contributed by atoms with Gasteiger partial charge < -0.3 is 4.79 Å². The number of aldehydes is 1. The topological polar surface area (TPSA) is 17.1 Å². The Hall–Kier alpha value is 0.400. The van der Waals surface area contributed by atoms with Gasteiger partial charge in [0.25, 0.3) is 0 Å². The third-order valence-corrected chi connectivity index (χ3v) is 2.73. The molecule has 9 heavy (non-hydrogen) atoms. The maximum absolute atomic E-state index is 10.2. The summed E-state index contributed by atoms with van der Waals surface area (Å²) in [5.74, 6) is 0.872. The number of halogens is 1. The summed E-state index contributed by atoms with van der Waals surface area (Å²) in [4.78, 5) is 10.2. The fourth-order valence-corrected chi connectivity index (χ4v) is 1.82. The van der Waals surface area contributed by atoms with Gasteiger partial charge in [-0.25, -0.2) is 0 Å². The smallest absolute Gasteiger partial charge is 0.132 e. The van der Waals surface area contributed by atoms with Crippen molar-refractivity contribution in [3.63, 3.8) is 0 Å². The van der Waals surface area contributed by atoms with Gasteiger partial charge in [0, 0.05) is 0 Å². The van der Waals surface area contributed by atoms with Crippen molar-refractivity contribution in [3.8, 4) is 0 Å². The average Bonchev–Trinajstić information content (AvgIpc) is 1.78. The van der Waals surface area contributed by atoms with Crippen molar-refractivity contribution >= 4 is 28.9 Å². The van der Waals surface area contributed by atoms with Gasteiger partial charge in [-0.15, -0.1) is 0 Å². The number of carbonyl (C=O) groups is 1. The number of alkyl halides is 1. The van der Waals surface area contributed by atoms with Gasteiger partial charge in [-0.3, -0.25) is 0 Å². The van der Waals surface area contributed by atoms with Crippen LogP contribution in [0.5, 0.6) is 0 Å². The SMILES string of the molecule is O=CC(I)CC1CCC1. The van der Waals surface area contributed by atoms with Crippen LogP contribution in [-0.4, -0.2) is 10.2 Å². The molecule has 0 amide bonds. The molecule has 0 heterocycles. The summed E-state index contributed by atoms with van der Waals surface area (Å²) in [5.41, 5.74) is 0. The van der Waals surface area contributed by atoms with E-state index in [1.807, 2.05) is 0 Å². The summed E-state index contributed by atoms with van der Waals surface area (Å²) in [6, 6.07) is 0. The molecule has 1 nitrogen and oxygen atoms in total. The largest absolute Gasteiger partial charge is 0.302 e. The Labute approximate surface area is 69.3 Å². The van der Waals surface area contributed by atoms with E-state index < -0.39 is 0 Å². The molecule has 0 N–H and O–H groups in total. The van der Waals surface area contributed by atoms with E-state index in [-0.39, 0.29) is 3.92 Å². The normalized spacial score (nSPS) is 22.8. The maximum atomic E-state index is 10.2. The molecule has 0 aromatic rings.